The van der Waals surface area contributed by atoms with Crippen LogP contribution in [-0.4, -0.2) is 31.0 Å². The quantitative estimate of drug-likeness (QED) is 0.818. The van der Waals surface area contributed by atoms with Crippen LogP contribution in [0.3, 0.4) is 0 Å². The zero-order chi connectivity index (χ0) is 12.1. The van der Waals surface area contributed by atoms with Gasteiger partial charge in [0.05, 0.1) is 18.8 Å². The summed E-state index contributed by atoms with van der Waals surface area (Å²) in [5.41, 5.74) is 0. The van der Waals surface area contributed by atoms with Gasteiger partial charge in [-0.3, -0.25) is 0 Å². The largest absolute Gasteiger partial charge is 0.394 e. The van der Waals surface area contributed by atoms with Gasteiger partial charge in [0.25, 0.3) is 0 Å². The van der Waals surface area contributed by atoms with Gasteiger partial charge in [-0.25, -0.2) is 0 Å². The Hall–Kier alpha value is -0.420. The number of aryl methyl sites for hydroxylation is 1. The van der Waals surface area contributed by atoms with E-state index in [9.17, 15) is 5.11 Å². The SMILES string of the molecule is CCc1ccc(C(CO)NCC2CCCO2)s1. The zero-order valence-corrected chi connectivity index (χ0v) is 11.1. The molecule has 3 nitrogen and oxygen atoms in total. The standard InChI is InChI=1S/C13H21NO2S/c1-2-11-5-6-13(17-11)12(9-15)14-8-10-4-3-7-16-10/h5-6,10,12,14-15H,2-4,7-9H2,1H3. The molecule has 1 saturated heterocycles. The van der Waals surface area contributed by atoms with Crippen molar-refractivity contribution in [1.29, 1.82) is 0 Å². The van der Waals surface area contributed by atoms with Crippen LogP contribution in [-0.2, 0) is 11.2 Å². The van der Waals surface area contributed by atoms with E-state index in [0.717, 1.165) is 32.4 Å². The summed E-state index contributed by atoms with van der Waals surface area (Å²) in [6.07, 6.45) is 3.69. The zero-order valence-electron chi connectivity index (χ0n) is 10.3. The fraction of sp³-hybridized carbons (Fsp3) is 0.692. The van der Waals surface area contributed by atoms with Gasteiger partial charge in [0.15, 0.2) is 0 Å². The lowest BCUT2D eigenvalue weighted by Crippen LogP contribution is -2.31. The van der Waals surface area contributed by atoms with Gasteiger partial charge in [0, 0.05) is 22.9 Å². The van der Waals surface area contributed by atoms with Crippen LogP contribution in [0.2, 0.25) is 0 Å². The minimum absolute atomic E-state index is 0.0597. The van der Waals surface area contributed by atoms with E-state index in [4.69, 9.17) is 4.74 Å². The van der Waals surface area contributed by atoms with Crippen LogP contribution in [0.5, 0.6) is 0 Å². The van der Waals surface area contributed by atoms with Crippen molar-refractivity contribution in [1.82, 2.24) is 5.32 Å². The number of hydrogen-bond donors (Lipinski definition) is 2. The highest BCUT2D eigenvalue weighted by Gasteiger charge is 2.18. The molecule has 1 fully saturated rings. The second-order valence-corrected chi connectivity index (χ2v) is 5.64. The Labute approximate surface area is 107 Å². The van der Waals surface area contributed by atoms with Crippen molar-refractivity contribution < 1.29 is 9.84 Å². The molecular weight excluding hydrogens is 234 g/mol. The number of nitrogens with one attached hydrogen (secondary N) is 1. The van der Waals surface area contributed by atoms with Crippen LogP contribution < -0.4 is 5.32 Å². The molecule has 4 heteroatoms. The number of hydrogen-bond acceptors (Lipinski definition) is 4. The lowest BCUT2D eigenvalue weighted by atomic mass is 10.2. The van der Waals surface area contributed by atoms with Gasteiger partial charge in [0.2, 0.25) is 0 Å². The van der Waals surface area contributed by atoms with E-state index in [0.29, 0.717) is 6.10 Å². The van der Waals surface area contributed by atoms with Crippen LogP contribution in [0.1, 0.15) is 35.6 Å². The first kappa shape index (κ1) is 13.0. The maximum atomic E-state index is 9.44. The molecule has 0 spiro atoms. The summed E-state index contributed by atoms with van der Waals surface area (Å²) < 4.78 is 5.57. The van der Waals surface area contributed by atoms with Crippen LogP contribution >= 0.6 is 11.3 Å². The molecule has 0 bridgehead atoms. The third-order valence-electron chi connectivity index (χ3n) is 3.17. The summed E-state index contributed by atoms with van der Waals surface area (Å²) in [4.78, 5) is 2.60. The first-order valence-corrected chi connectivity index (χ1v) is 7.19. The molecule has 0 aromatic carbocycles. The minimum Gasteiger partial charge on any atom is -0.394 e. The van der Waals surface area contributed by atoms with Gasteiger partial charge in [-0.2, -0.15) is 0 Å². The highest BCUT2D eigenvalue weighted by Crippen LogP contribution is 2.24. The normalized spacial score (nSPS) is 21.9. The molecule has 2 N–H and O–H groups in total. The van der Waals surface area contributed by atoms with Gasteiger partial charge >= 0.3 is 0 Å². The van der Waals surface area contributed by atoms with Crippen molar-refractivity contribution in [3.63, 3.8) is 0 Å². The molecule has 1 aromatic rings. The van der Waals surface area contributed by atoms with E-state index in [1.54, 1.807) is 11.3 Å². The first-order valence-electron chi connectivity index (χ1n) is 6.38. The minimum atomic E-state index is 0.0597. The molecule has 1 aliphatic heterocycles. The number of ether oxygens (including phenoxy) is 1. The Morgan fingerprint density at radius 1 is 1.59 bits per heavy atom. The van der Waals surface area contributed by atoms with Crippen LogP contribution in [0, 0.1) is 0 Å². The Morgan fingerprint density at radius 3 is 3.06 bits per heavy atom. The number of aliphatic hydroxyl groups is 1. The van der Waals surface area contributed by atoms with Crippen molar-refractivity contribution in [3.8, 4) is 0 Å². The molecule has 0 amide bonds. The highest BCUT2D eigenvalue weighted by atomic mass is 32.1. The van der Waals surface area contributed by atoms with Crippen LogP contribution in [0.15, 0.2) is 12.1 Å². The maximum Gasteiger partial charge on any atom is 0.0700 e. The first-order chi connectivity index (χ1) is 8.33. The molecular formula is C13H21NO2S. The molecule has 0 radical (unpaired) electrons. The van der Waals surface area contributed by atoms with E-state index >= 15 is 0 Å². The summed E-state index contributed by atoms with van der Waals surface area (Å²) in [6.45, 7) is 4.03. The molecule has 2 heterocycles. The van der Waals surface area contributed by atoms with Crippen molar-refractivity contribution in [2.24, 2.45) is 0 Å². The van der Waals surface area contributed by atoms with Gasteiger partial charge < -0.3 is 15.2 Å². The number of thiophene rings is 1. The van der Waals surface area contributed by atoms with Crippen molar-refractivity contribution in [2.45, 2.75) is 38.3 Å². The Morgan fingerprint density at radius 2 is 2.47 bits per heavy atom. The lowest BCUT2D eigenvalue weighted by Gasteiger charge is -2.17. The van der Waals surface area contributed by atoms with E-state index in [-0.39, 0.29) is 12.6 Å². The summed E-state index contributed by atoms with van der Waals surface area (Å²) in [7, 11) is 0. The van der Waals surface area contributed by atoms with E-state index in [2.05, 4.69) is 24.4 Å². The third-order valence-corrected chi connectivity index (χ3v) is 4.52. The number of rotatable bonds is 6. The molecule has 17 heavy (non-hydrogen) atoms. The van der Waals surface area contributed by atoms with E-state index in [1.165, 1.54) is 9.75 Å². The van der Waals surface area contributed by atoms with Gasteiger partial charge in [-0.15, -0.1) is 11.3 Å². The van der Waals surface area contributed by atoms with Crippen molar-refractivity contribution in [2.75, 3.05) is 19.8 Å². The second kappa shape index (κ2) is 6.50. The lowest BCUT2D eigenvalue weighted by molar-refractivity contribution is 0.104. The molecule has 2 unspecified atom stereocenters. The van der Waals surface area contributed by atoms with Crippen molar-refractivity contribution in [3.05, 3.63) is 21.9 Å². The molecule has 96 valence electrons. The fourth-order valence-corrected chi connectivity index (χ4v) is 3.13. The highest BCUT2D eigenvalue weighted by molar-refractivity contribution is 7.12. The second-order valence-electron chi connectivity index (χ2n) is 4.44. The molecule has 1 aliphatic rings. The van der Waals surface area contributed by atoms with E-state index < -0.39 is 0 Å². The third kappa shape index (κ3) is 3.52. The Kier molecular flexibility index (Phi) is 4.98. The van der Waals surface area contributed by atoms with Crippen molar-refractivity contribution >= 4 is 11.3 Å². The van der Waals surface area contributed by atoms with Gasteiger partial charge in [0.1, 0.15) is 0 Å². The molecule has 0 saturated carbocycles. The average Bonchev–Trinajstić information content (AvgIpc) is 3.00. The number of aliphatic hydroxyl groups excluding tert-OH is 1. The van der Waals surface area contributed by atoms with Gasteiger partial charge in [-0.05, 0) is 31.4 Å². The monoisotopic (exact) mass is 255 g/mol. The summed E-state index contributed by atoms with van der Waals surface area (Å²) in [5.74, 6) is 0. The molecule has 2 atom stereocenters. The average molecular weight is 255 g/mol. The van der Waals surface area contributed by atoms with E-state index in [1.807, 2.05) is 0 Å². The molecule has 1 aromatic heterocycles. The van der Waals surface area contributed by atoms with Crippen LogP contribution in [0.25, 0.3) is 0 Å². The van der Waals surface area contributed by atoms with Crippen LogP contribution in [0.4, 0.5) is 0 Å². The predicted molar refractivity (Wildman–Crippen MR) is 70.5 cm³/mol. The van der Waals surface area contributed by atoms with Gasteiger partial charge in [-0.1, -0.05) is 6.92 Å². The summed E-state index contributed by atoms with van der Waals surface area (Å²) in [5, 5.41) is 12.8. The molecule has 0 aliphatic carbocycles. The molecule has 2 rings (SSSR count). The maximum absolute atomic E-state index is 9.44. The topological polar surface area (TPSA) is 41.5 Å². The summed E-state index contributed by atoms with van der Waals surface area (Å²) >= 11 is 1.78. The fourth-order valence-electron chi connectivity index (χ4n) is 2.11. The summed E-state index contributed by atoms with van der Waals surface area (Å²) in [6, 6.07) is 4.33. The predicted octanol–water partition coefficient (Wildman–Crippen LogP) is 2.11. The smallest absolute Gasteiger partial charge is 0.0700 e. The Balaban J connectivity index is 1.86. The Bertz CT molecular complexity index is 334.